The Morgan fingerprint density at radius 2 is 1.87 bits per heavy atom. The topological polar surface area (TPSA) is 114 Å². The monoisotopic (exact) mass is 420 g/mol. The van der Waals surface area contributed by atoms with Gasteiger partial charge in [-0.2, -0.15) is 0 Å². The standard InChI is InChI=1S/C22H32N2O6/c1-15(2)9-7-5-6-8-10-20(25)23-14-17-11-12-18(19(13-17)29-4)30-22(28)24-16(3)21(26)27/h7,9,11-13,15-16H,5-6,8,10,14H2,1-4H3,(H,23,25)(H,24,28)(H,26,27)/b9-7+/t16-/m0/s1. The third kappa shape index (κ3) is 9.95. The van der Waals surface area contributed by atoms with Gasteiger partial charge in [0.25, 0.3) is 0 Å². The van der Waals surface area contributed by atoms with E-state index in [-0.39, 0.29) is 11.7 Å². The van der Waals surface area contributed by atoms with Gasteiger partial charge in [0, 0.05) is 13.0 Å². The van der Waals surface area contributed by atoms with Crippen LogP contribution in [0.15, 0.2) is 30.4 Å². The molecule has 0 aliphatic rings. The molecule has 1 aromatic carbocycles. The molecule has 1 atom stereocenters. The van der Waals surface area contributed by atoms with Crippen molar-refractivity contribution in [3.63, 3.8) is 0 Å². The maximum atomic E-state index is 12.0. The van der Waals surface area contributed by atoms with Gasteiger partial charge in [0.15, 0.2) is 11.5 Å². The first-order valence-electron chi connectivity index (χ1n) is 10.0. The number of amides is 2. The van der Waals surface area contributed by atoms with E-state index in [1.54, 1.807) is 12.1 Å². The third-order valence-corrected chi connectivity index (χ3v) is 4.17. The first-order valence-corrected chi connectivity index (χ1v) is 10.0. The van der Waals surface area contributed by atoms with Crippen molar-refractivity contribution in [3.8, 4) is 11.5 Å². The number of methoxy groups -OCH3 is 1. The van der Waals surface area contributed by atoms with E-state index in [2.05, 4.69) is 36.6 Å². The predicted octanol–water partition coefficient (Wildman–Crippen LogP) is 3.65. The lowest BCUT2D eigenvalue weighted by Crippen LogP contribution is -2.40. The van der Waals surface area contributed by atoms with Crippen molar-refractivity contribution in [2.24, 2.45) is 5.92 Å². The zero-order valence-electron chi connectivity index (χ0n) is 18.1. The minimum atomic E-state index is -1.17. The van der Waals surface area contributed by atoms with Gasteiger partial charge < -0.3 is 25.2 Å². The maximum Gasteiger partial charge on any atom is 0.413 e. The van der Waals surface area contributed by atoms with Crippen LogP contribution in [0.5, 0.6) is 11.5 Å². The van der Waals surface area contributed by atoms with Crippen molar-refractivity contribution in [2.75, 3.05) is 7.11 Å². The highest BCUT2D eigenvalue weighted by molar-refractivity contribution is 5.80. The molecule has 2 amide bonds. The molecule has 30 heavy (non-hydrogen) atoms. The molecule has 0 saturated carbocycles. The Labute approximate surface area is 177 Å². The number of benzene rings is 1. The molecule has 3 N–H and O–H groups in total. The molecular weight excluding hydrogens is 388 g/mol. The summed E-state index contributed by atoms with van der Waals surface area (Å²) in [5.41, 5.74) is 0.784. The molecule has 0 bridgehead atoms. The number of carboxylic acids is 1. The molecular formula is C22H32N2O6. The summed E-state index contributed by atoms with van der Waals surface area (Å²) in [6, 6.07) is 3.80. The van der Waals surface area contributed by atoms with E-state index in [1.165, 1.54) is 20.1 Å². The summed E-state index contributed by atoms with van der Waals surface area (Å²) in [7, 11) is 1.43. The lowest BCUT2D eigenvalue weighted by molar-refractivity contribution is -0.138. The minimum Gasteiger partial charge on any atom is -0.493 e. The molecule has 8 nitrogen and oxygen atoms in total. The van der Waals surface area contributed by atoms with Gasteiger partial charge in [0.05, 0.1) is 7.11 Å². The lowest BCUT2D eigenvalue weighted by Gasteiger charge is -2.13. The van der Waals surface area contributed by atoms with E-state index in [0.717, 1.165) is 24.8 Å². The summed E-state index contributed by atoms with van der Waals surface area (Å²) in [6.07, 6.45) is 6.66. The lowest BCUT2D eigenvalue weighted by atomic mass is 10.1. The number of carbonyl (C=O) groups excluding carboxylic acids is 2. The molecule has 0 heterocycles. The van der Waals surface area contributed by atoms with Crippen molar-refractivity contribution < 1.29 is 29.0 Å². The zero-order chi connectivity index (χ0) is 22.5. The molecule has 0 aliphatic heterocycles. The second kappa shape index (κ2) is 13.2. The number of carbonyl (C=O) groups is 3. The summed E-state index contributed by atoms with van der Waals surface area (Å²) in [4.78, 5) is 34.6. The third-order valence-electron chi connectivity index (χ3n) is 4.17. The van der Waals surface area contributed by atoms with Crippen LogP contribution in [0.4, 0.5) is 4.79 Å². The highest BCUT2D eigenvalue weighted by Crippen LogP contribution is 2.28. The minimum absolute atomic E-state index is 0.0239. The van der Waals surface area contributed by atoms with Gasteiger partial charge in [-0.25, -0.2) is 4.79 Å². The number of allylic oxidation sites excluding steroid dienone is 2. The van der Waals surface area contributed by atoms with Crippen molar-refractivity contribution in [1.82, 2.24) is 10.6 Å². The largest absolute Gasteiger partial charge is 0.493 e. The van der Waals surface area contributed by atoms with E-state index < -0.39 is 18.1 Å². The number of hydrogen-bond donors (Lipinski definition) is 3. The van der Waals surface area contributed by atoms with E-state index in [0.29, 0.717) is 24.6 Å². The van der Waals surface area contributed by atoms with Crippen LogP contribution in [-0.4, -0.2) is 36.2 Å². The van der Waals surface area contributed by atoms with E-state index >= 15 is 0 Å². The second-order valence-electron chi connectivity index (χ2n) is 7.27. The molecule has 0 aliphatic carbocycles. The van der Waals surface area contributed by atoms with Gasteiger partial charge in [-0.3, -0.25) is 9.59 Å². The van der Waals surface area contributed by atoms with Gasteiger partial charge in [0.1, 0.15) is 6.04 Å². The number of ether oxygens (including phenoxy) is 2. The van der Waals surface area contributed by atoms with Crippen LogP contribution in [0.2, 0.25) is 0 Å². The van der Waals surface area contributed by atoms with Crippen molar-refractivity contribution in [3.05, 3.63) is 35.9 Å². The summed E-state index contributed by atoms with van der Waals surface area (Å²) in [5, 5.41) is 13.9. The average Bonchev–Trinajstić information content (AvgIpc) is 2.69. The summed E-state index contributed by atoms with van der Waals surface area (Å²) in [5.74, 6) is -0.195. The van der Waals surface area contributed by atoms with Crippen LogP contribution >= 0.6 is 0 Å². The van der Waals surface area contributed by atoms with Crippen LogP contribution in [0.25, 0.3) is 0 Å². The maximum absolute atomic E-state index is 12.0. The molecule has 0 fully saturated rings. The highest BCUT2D eigenvalue weighted by Gasteiger charge is 2.17. The van der Waals surface area contributed by atoms with E-state index in [1.807, 2.05) is 0 Å². The number of rotatable bonds is 12. The highest BCUT2D eigenvalue weighted by atomic mass is 16.6. The Balaban J connectivity index is 2.47. The Hall–Kier alpha value is -3.03. The fraction of sp³-hybridized carbons (Fsp3) is 0.500. The van der Waals surface area contributed by atoms with E-state index in [9.17, 15) is 14.4 Å². The van der Waals surface area contributed by atoms with Crippen molar-refractivity contribution in [1.29, 1.82) is 0 Å². The molecule has 0 spiro atoms. The number of aliphatic carboxylic acids is 1. The molecule has 1 aromatic rings. The molecule has 166 valence electrons. The number of nitrogens with one attached hydrogen (secondary N) is 2. The second-order valence-corrected chi connectivity index (χ2v) is 7.27. The normalized spacial score (nSPS) is 11.9. The molecule has 8 heteroatoms. The molecule has 0 saturated heterocycles. The average molecular weight is 421 g/mol. The molecule has 0 unspecified atom stereocenters. The smallest absolute Gasteiger partial charge is 0.413 e. The van der Waals surface area contributed by atoms with Crippen molar-refractivity contribution in [2.45, 2.75) is 59.0 Å². The SMILES string of the molecule is COc1cc(CNC(=O)CCCC/C=C/C(C)C)ccc1OC(=O)N[C@@H](C)C(=O)O. The van der Waals surface area contributed by atoms with Gasteiger partial charge in [-0.05, 0) is 49.8 Å². The zero-order valence-corrected chi connectivity index (χ0v) is 18.1. The van der Waals surface area contributed by atoms with Gasteiger partial charge in [-0.1, -0.05) is 32.1 Å². The van der Waals surface area contributed by atoms with Gasteiger partial charge in [-0.15, -0.1) is 0 Å². The summed E-state index contributed by atoms with van der Waals surface area (Å²) >= 11 is 0. The van der Waals surface area contributed by atoms with Gasteiger partial charge in [0.2, 0.25) is 5.91 Å². The Morgan fingerprint density at radius 1 is 1.13 bits per heavy atom. The van der Waals surface area contributed by atoms with E-state index in [4.69, 9.17) is 14.6 Å². The number of carboxylic acid groups (broad SMARTS) is 1. The Bertz CT molecular complexity index is 745. The van der Waals surface area contributed by atoms with Crippen LogP contribution in [-0.2, 0) is 16.1 Å². The Morgan fingerprint density at radius 3 is 2.50 bits per heavy atom. The predicted molar refractivity (Wildman–Crippen MR) is 114 cm³/mol. The molecule has 0 aromatic heterocycles. The van der Waals surface area contributed by atoms with Crippen LogP contribution < -0.4 is 20.1 Å². The van der Waals surface area contributed by atoms with Crippen molar-refractivity contribution >= 4 is 18.0 Å². The fourth-order valence-corrected chi connectivity index (χ4v) is 2.48. The number of unbranched alkanes of at least 4 members (excludes halogenated alkanes) is 2. The summed E-state index contributed by atoms with van der Waals surface area (Å²) in [6.45, 7) is 5.92. The van der Waals surface area contributed by atoms with Crippen LogP contribution in [0.1, 0.15) is 52.0 Å². The quantitative estimate of drug-likeness (QED) is 0.351. The van der Waals surface area contributed by atoms with Crippen LogP contribution in [0, 0.1) is 5.92 Å². The van der Waals surface area contributed by atoms with Gasteiger partial charge >= 0.3 is 12.1 Å². The molecule has 0 radical (unpaired) electrons. The number of hydrogen-bond acceptors (Lipinski definition) is 5. The molecule has 1 rings (SSSR count). The van der Waals surface area contributed by atoms with Crippen LogP contribution in [0.3, 0.4) is 0 Å². The first-order chi connectivity index (χ1) is 14.2. The fourth-order valence-electron chi connectivity index (χ4n) is 2.48. The first kappa shape index (κ1) is 25.0. The summed E-state index contributed by atoms with van der Waals surface area (Å²) < 4.78 is 10.3. The Kier molecular flexibility index (Phi) is 11.0.